The van der Waals surface area contributed by atoms with Crippen molar-refractivity contribution >= 4 is 0 Å². The Morgan fingerprint density at radius 3 is 2.80 bits per heavy atom. The average Bonchev–Trinajstić information content (AvgIpc) is 2.61. The van der Waals surface area contributed by atoms with Gasteiger partial charge in [0.15, 0.2) is 0 Å². The van der Waals surface area contributed by atoms with E-state index >= 15 is 0 Å². The van der Waals surface area contributed by atoms with Gasteiger partial charge in [0.05, 0.1) is 0 Å². The first-order valence-electron chi connectivity index (χ1n) is 5.35. The van der Waals surface area contributed by atoms with Crippen LogP contribution in [0.5, 0.6) is 0 Å². The molecule has 0 amide bonds. The molecule has 0 saturated heterocycles. The molecule has 1 aromatic rings. The van der Waals surface area contributed by atoms with Crippen molar-refractivity contribution in [2.45, 2.75) is 26.8 Å². The third kappa shape index (κ3) is 3.60. The van der Waals surface area contributed by atoms with Gasteiger partial charge in [-0.05, 0) is 12.5 Å². The second-order valence-corrected chi connectivity index (χ2v) is 4.24. The van der Waals surface area contributed by atoms with E-state index in [0.717, 1.165) is 12.4 Å². The number of rotatable bonds is 6. The Hall–Kier alpha value is -0.940. The van der Waals surface area contributed by atoms with E-state index in [2.05, 4.69) is 23.9 Å². The number of nitrogens with two attached hydrogens (primary N) is 1. The third-order valence-corrected chi connectivity index (χ3v) is 2.30. The Morgan fingerprint density at radius 2 is 2.27 bits per heavy atom. The smallest absolute Gasteiger partial charge is 0.138 e. The normalized spacial score (nSPS) is 13.4. The predicted octanol–water partition coefficient (Wildman–Crippen LogP) is 0.0438. The van der Waals surface area contributed by atoms with Gasteiger partial charge in [0.2, 0.25) is 0 Å². The molecule has 0 radical (unpaired) electrons. The second kappa shape index (κ2) is 5.82. The van der Waals surface area contributed by atoms with Crippen LogP contribution >= 0.6 is 0 Å². The first-order valence-corrected chi connectivity index (χ1v) is 5.35. The highest BCUT2D eigenvalue weighted by molar-refractivity contribution is 4.87. The summed E-state index contributed by atoms with van der Waals surface area (Å²) in [6, 6.07) is 0. The summed E-state index contributed by atoms with van der Waals surface area (Å²) >= 11 is 0. The maximum absolute atomic E-state index is 9.06. The van der Waals surface area contributed by atoms with Crippen molar-refractivity contribution in [3.63, 3.8) is 0 Å². The Bertz CT molecular complexity index is 281. The van der Waals surface area contributed by atoms with Crippen LogP contribution in [0.1, 0.15) is 19.7 Å². The third-order valence-electron chi connectivity index (χ3n) is 2.30. The number of hydrogen-bond donors (Lipinski definition) is 2. The molecule has 1 aromatic heterocycles. The van der Waals surface area contributed by atoms with Crippen molar-refractivity contribution in [3.05, 3.63) is 12.2 Å². The minimum absolute atomic E-state index is 0.0834. The van der Waals surface area contributed by atoms with E-state index in [1.54, 1.807) is 6.33 Å². The van der Waals surface area contributed by atoms with E-state index in [1.807, 2.05) is 4.68 Å². The summed E-state index contributed by atoms with van der Waals surface area (Å²) in [6.45, 7) is 5.71. The lowest BCUT2D eigenvalue weighted by Gasteiger charge is -2.12. The maximum Gasteiger partial charge on any atom is 0.138 e. The Kier molecular flexibility index (Phi) is 4.71. The molecule has 15 heavy (non-hydrogen) atoms. The van der Waals surface area contributed by atoms with Gasteiger partial charge >= 0.3 is 0 Å². The number of aliphatic hydroxyl groups is 1. The fourth-order valence-electron chi connectivity index (χ4n) is 1.43. The molecule has 1 unspecified atom stereocenters. The van der Waals surface area contributed by atoms with Crippen LogP contribution in [0.25, 0.3) is 0 Å². The van der Waals surface area contributed by atoms with Gasteiger partial charge in [-0.15, -0.1) is 0 Å². The molecule has 1 rings (SSSR count). The highest BCUT2D eigenvalue weighted by atomic mass is 16.3. The summed E-state index contributed by atoms with van der Waals surface area (Å²) in [5.74, 6) is 1.53. The molecule has 1 atom stereocenters. The monoisotopic (exact) mass is 212 g/mol. The van der Waals surface area contributed by atoms with E-state index < -0.39 is 0 Å². The molecule has 0 spiro atoms. The SMILES string of the molecule is CC(C)Cn1ncnc1CC(CN)CO. The minimum atomic E-state index is 0.0834. The summed E-state index contributed by atoms with van der Waals surface area (Å²) in [4.78, 5) is 4.19. The van der Waals surface area contributed by atoms with E-state index in [0.29, 0.717) is 18.9 Å². The predicted molar refractivity (Wildman–Crippen MR) is 58.2 cm³/mol. The molecule has 0 aliphatic heterocycles. The molecule has 0 aliphatic rings. The van der Waals surface area contributed by atoms with Gasteiger partial charge in [-0.3, -0.25) is 0 Å². The summed E-state index contributed by atoms with van der Waals surface area (Å²) in [5, 5.41) is 13.2. The molecule has 0 saturated carbocycles. The lowest BCUT2D eigenvalue weighted by atomic mass is 10.1. The van der Waals surface area contributed by atoms with E-state index in [-0.39, 0.29) is 12.5 Å². The van der Waals surface area contributed by atoms with Crippen LogP contribution in [0.15, 0.2) is 6.33 Å². The molecule has 0 fully saturated rings. The highest BCUT2D eigenvalue weighted by Gasteiger charge is 2.12. The zero-order chi connectivity index (χ0) is 11.3. The summed E-state index contributed by atoms with van der Waals surface area (Å²) in [5.41, 5.74) is 5.53. The zero-order valence-electron chi connectivity index (χ0n) is 9.43. The first kappa shape index (κ1) is 12.1. The molecule has 1 heterocycles. The van der Waals surface area contributed by atoms with E-state index in [1.165, 1.54) is 0 Å². The van der Waals surface area contributed by atoms with Gasteiger partial charge in [0.25, 0.3) is 0 Å². The lowest BCUT2D eigenvalue weighted by Crippen LogP contribution is -2.23. The summed E-state index contributed by atoms with van der Waals surface area (Å²) in [7, 11) is 0. The van der Waals surface area contributed by atoms with Crippen LogP contribution in [-0.4, -0.2) is 33.0 Å². The maximum atomic E-state index is 9.06. The van der Waals surface area contributed by atoms with Crippen LogP contribution in [-0.2, 0) is 13.0 Å². The van der Waals surface area contributed by atoms with Crippen molar-refractivity contribution in [1.29, 1.82) is 0 Å². The molecular formula is C10H20N4O. The standard InChI is InChI=1S/C10H20N4O/c1-8(2)5-14-10(12-7-13-14)3-9(4-11)6-15/h7-9,15H,3-6,11H2,1-2H3. The Labute approximate surface area is 90.3 Å². The van der Waals surface area contributed by atoms with Gasteiger partial charge < -0.3 is 10.8 Å². The topological polar surface area (TPSA) is 77.0 Å². The van der Waals surface area contributed by atoms with Gasteiger partial charge in [-0.2, -0.15) is 5.10 Å². The van der Waals surface area contributed by atoms with Crippen LogP contribution in [0.4, 0.5) is 0 Å². The van der Waals surface area contributed by atoms with Crippen molar-refractivity contribution in [3.8, 4) is 0 Å². The van der Waals surface area contributed by atoms with Crippen LogP contribution in [0.2, 0.25) is 0 Å². The summed E-state index contributed by atoms with van der Waals surface area (Å²) < 4.78 is 1.89. The van der Waals surface area contributed by atoms with Crippen molar-refractivity contribution in [2.24, 2.45) is 17.6 Å². The number of aromatic nitrogens is 3. The fraction of sp³-hybridized carbons (Fsp3) is 0.800. The number of aliphatic hydroxyl groups excluding tert-OH is 1. The molecule has 86 valence electrons. The van der Waals surface area contributed by atoms with Gasteiger partial charge in [0.1, 0.15) is 12.2 Å². The zero-order valence-corrected chi connectivity index (χ0v) is 9.43. The number of nitrogens with zero attached hydrogens (tertiary/aromatic N) is 3. The molecule has 5 nitrogen and oxygen atoms in total. The van der Waals surface area contributed by atoms with Gasteiger partial charge in [0, 0.05) is 25.5 Å². The van der Waals surface area contributed by atoms with Crippen molar-refractivity contribution in [1.82, 2.24) is 14.8 Å². The van der Waals surface area contributed by atoms with Crippen LogP contribution in [0.3, 0.4) is 0 Å². The second-order valence-electron chi connectivity index (χ2n) is 4.24. The van der Waals surface area contributed by atoms with Gasteiger partial charge in [-0.1, -0.05) is 13.8 Å². The highest BCUT2D eigenvalue weighted by Crippen LogP contribution is 2.06. The van der Waals surface area contributed by atoms with E-state index in [4.69, 9.17) is 10.8 Å². The number of hydrogen-bond acceptors (Lipinski definition) is 4. The van der Waals surface area contributed by atoms with Crippen molar-refractivity contribution < 1.29 is 5.11 Å². The molecule has 3 N–H and O–H groups in total. The quantitative estimate of drug-likeness (QED) is 0.698. The lowest BCUT2D eigenvalue weighted by molar-refractivity contribution is 0.226. The largest absolute Gasteiger partial charge is 0.396 e. The average molecular weight is 212 g/mol. The van der Waals surface area contributed by atoms with Crippen LogP contribution < -0.4 is 5.73 Å². The Balaban J connectivity index is 2.63. The van der Waals surface area contributed by atoms with Crippen molar-refractivity contribution in [2.75, 3.05) is 13.2 Å². The Morgan fingerprint density at radius 1 is 1.53 bits per heavy atom. The fourth-order valence-corrected chi connectivity index (χ4v) is 1.43. The minimum Gasteiger partial charge on any atom is -0.396 e. The van der Waals surface area contributed by atoms with Gasteiger partial charge in [-0.25, -0.2) is 9.67 Å². The molecule has 0 aliphatic carbocycles. The summed E-state index contributed by atoms with van der Waals surface area (Å²) in [6.07, 6.45) is 2.25. The van der Waals surface area contributed by atoms with E-state index in [9.17, 15) is 0 Å². The molecule has 5 heteroatoms. The molecular weight excluding hydrogens is 192 g/mol. The molecule has 0 bridgehead atoms. The van der Waals surface area contributed by atoms with Crippen LogP contribution in [0, 0.1) is 11.8 Å². The molecule has 0 aromatic carbocycles. The first-order chi connectivity index (χ1) is 7.17.